The molecule has 2 amide bonds. The first-order chi connectivity index (χ1) is 13.8. The number of benzene rings is 1. The highest BCUT2D eigenvalue weighted by Crippen LogP contribution is 2.30. The molecule has 0 radical (unpaired) electrons. The van der Waals surface area contributed by atoms with E-state index in [0.717, 1.165) is 12.3 Å². The maximum absolute atomic E-state index is 12.8. The van der Waals surface area contributed by atoms with E-state index < -0.39 is 11.7 Å². The first-order valence-electron chi connectivity index (χ1n) is 8.95. The standard InChI is InChI=1S/C19H17F3N4O3/c20-19(21,22)13-2-4-16(23-10-13)25-5-7-26(8-6-25)18(28)12-1-3-14-15(9-12)29-11-17(27)24-14/h1-4,9-10H,5-8,11H2,(H,24,27). The molecule has 7 nitrogen and oxygen atoms in total. The van der Waals surface area contributed by atoms with Crippen LogP contribution >= 0.6 is 0 Å². The number of nitrogens with one attached hydrogen (secondary N) is 1. The van der Waals surface area contributed by atoms with E-state index in [4.69, 9.17) is 4.74 Å². The number of fused-ring (bicyclic) bond motifs is 1. The van der Waals surface area contributed by atoms with Crippen LogP contribution in [0.15, 0.2) is 36.5 Å². The second-order valence-corrected chi connectivity index (χ2v) is 6.73. The largest absolute Gasteiger partial charge is 0.482 e. The SMILES string of the molecule is O=C1COc2cc(C(=O)N3CCN(c4ccc(C(F)(F)F)cn4)CC3)ccc2N1. The fraction of sp³-hybridized carbons (Fsp3) is 0.316. The van der Waals surface area contributed by atoms with E-state index in [1.54, 1.807) is 23.1 Å². The van der Waals surface area contributed by atoms with Gasteiger partial charge in [-0.2, -0.15) is 13.2 Å². The van der Waals surface area contributed by atoms with Crippen LogP contribution in [0.4, 0.5) is 24.7 Å². The molecule has 0 spiro atoms. The molecule has 152 valence electrons. The van der Waals surface area contributed by atoms with Gasteiger partial charge in [0.05, 0.1) is 11.3 Å². The van der Waals surface area contributed by atoms with E-state index in [-0.39, 0.29) is 18.4 Å². The van der Waals surface area contributed by atoms with Gasteiger partial charge in [0, 0.05) is 37.9 Å². The Kier molecular flexibility index (Phi) is 4.77. The predicted octanol–water partition coefficient (Wildman–Crippen LogP) is 2.39. The Hall–Kier alpha value is -3.30. The number of carbonyl (C=O) groups is 2. The average molecular weight is 406 g/mol. The summed E-state index contributed by atoms with van der Waals surface area (Å²) >= 11 is 0. The van der Waals surface area contributed by atoms with Crippen molar-refractivity contribution in [2.75, 3.05) is 43.0 Å². The van der Waals surface area contributed by atoms with Crippen LogP contribution in [0, 0.1) is 0 Å². The molecule has 29 heavy (non-hydrogen) atoms. The minimum Gasteiger partial charge on any atom is -0.482 e. The monoisotopic (exact) mass is 406 g/mol. The summed E-state index contributed by atoms with van der Waals surface area (Å²) in [5, 5.41) is 2.67. The molecule has 2 aliphatic rings. The van der Waals surface area contributed by atoms with Gasteiger partial charge in [-0.05, 0) is 30.3 Å². The molecule has 0 aliphatic carbocycles. The first kappa shape index (κ1) is 19.0. The summed E-state index contributed by atoms with van der Waals surface area (Å²) in [5.74, 6) is 0.476. The van der Waals surface area contributed by atoms with E-state index in [2.05, 4.69) is 10.3 Å². The van der Waals surface area contributed by atoms with Gasteiger partial charge in [0.25, 0.3) is 11.8 Å². The Bertz CT molecular complexity index is 939. The number of piperazine rings is 1. The van der Waals surface area contributed by atoms with Crippen LogP contribution < -0.4 is 15.0 Å². The summed E-state index contributed by atoms with van der Waals surface area (Å²) in [6, 6.07) is 7.20. The molecule has 2 aromatic rings. The zero-order valence-corrected chi connectivity index (χ0v) is 15.2. The second-order valence-electron chi connectivity index (χ2n) is 6.73. The zero-order chi connectivity index (χ0) is 20.6. The van der Waals surface area contributed by atoms with Crippen LogP contribution in [-0.4, -0.2) is 54.5 Å². The third-order valence-electron chi connectivity index (χ3n) is 4.83. The Balaban J connectivity index is 1.39. The lowest BCUT2D eigenvalue weighted by molar-refractivity contribution is -0.137. The number of ether oxygens (including phenoxy) is 1. The van der Waals surface area contributed by atoms with Crippen LogP contribution in [0.5, 0.6) is 5.75 Å². The maximum Gasteiger partial charge on any atom is 0.417 e. The molecule has 1 saturated heterocycles. The number of amides is 2. The summed E-state index contributed by atoms with van der Waals surface area (Å²) in [5.41, 5.74) is 0.179. The summed E-state index contributed by atoms with van der Waals surface area (Å²) in [6.45, 7) is 1.65. The van der Waals surface area contributed by atoms with Gasteiger partial charge in [-0.3, -0.25) is 9.59 Å². The molecule has 10 heteroatoms. The van der Waals surface area contributed by atoms with E-state index in [1.807, 2.05) is 4.90 Å². The normalized spacial score (nSPS) is 16.7. The van der Waals surface area contributed by atoms with Crippen molar-refractivity contribution >= 4 is 23.3 Å². The van der Waals surface area contributed by atoms with E-state index in [0.29, 0.717) is 49.0 Å². The number of hydrogen-bond acceptors (Lipinski definition) is 5. The van der Waals surface area contributed by atoms with E-state index in [9.17, 15) is 22.8 Å². The number of carbonyl (C=O) groups excluding carboxylic acids is 2. The van der Waals surface area contributed by atoms with Gasteiger partial charge in [-0.1, -0.05) is 0 Å². The molecular weight excluding hydrogens is 389 g/mol. The molecule has 3 heterocycles. The third-order valence-corrected chi connectivity index (χ3v) is 4.83. The highest BCUT2D eigenvalue weighted by atomic mass is 19.4. The Labute approximate surface area is 164 Å². The number of aromatic nitrogens is 1. The van der Waals surface area contributed by atoms with Gasteiger partial charge < -0.3 is 19.9 Å². The fourth-order valence-corrected chi connectivity index (χ4v) is 3.27. The molecule has 4 rings (SSSR count). The van der Waals surface area contributed by atoms with Crippen LogP contribution in [0.25, 0.3) is 0 Å². The number of pyridine rings is 1. The molecule has 1 N–H and O–H groups in total. The van der Waals surface area contributed by atoms with Crippen LogP contribution in [-0.2, 0) is 11.0 Å². The molecule has 1 aromatic carbocycles. The number of nitrogens with zero attached hydrogens (tertiary/aromatic N) is 3. The predicted molar refractivity (Wildman–Crippen MR) is 97.9 cm³/mol. The van der Waals surface area contributed by atoms with Gasteiger partial charge in [0.15, 0.2) is 6.61 Å². The number of anilines is 2. The first-order valence-corrected chi connectivity index (χ1v) is 8.95. The van der Waals surface area contributed by atoms with Crippen molar-refractivity contribution in [3.8, 4) is 5.75 Å². The Morgan fingerprint density at radius 1 is 1.10 bits per heavy atom. The molecule has 0 saturated carbocycles. The van der Waals surface area contributed by atoms with Crippen molar-refractivity contribution in [2.24, 2.45) is 0 Å². The quantitative estimate of drug-likeness (QED) is 0.829. The fourth-order valence-electron chi connectivity index (χ4n) is 3.27. The van der Waals surface area contributed by atoms with Crippen molar-refractivity contribution in [1.29, 1.82) is 0 Å². The van der Waals surface area contributed by atoms with Crippen molar-refractivity contribution < 1.29 is 27.5 Å². The van der Waals surface area contributed by atoms with E-state index >= 15 is 0 Å². The molecule has 0 unspecified atom stereocenters. The second kappa shape index (κ2) is 7.26. The maximum atomic E-state index is 12.8. The molecule has 1 fully saturated rings. The lowest BCUT2D eigenvalue weighted by Crippen LogP contribution is -2.49. The Morgan fingerprint density at radius 2 is 1.86 bits per heavy atom. The minimum atomic E-state index is -4.42. The van der Waals surface area contributed by atoms with Gasteiger partial charge in [-0.15, -0.1) is 0 Å². The summed E-state index contributed by atoms with van der Waals surface area (Å²) in [4.78, 5) is 31.5. The van der Waals surface area contributed by atoms with Crippen molar-refractivity contribution in [3.63, 3.8) is 0 Å². The topological polar surface area (TPSA) is 74.8 Å². The average Bonchev–Trinajstić information content (AvgIpc) is 2.72. The summed E-state index contributed by atoms with van der Waals surface area (Å²) < 4.78 is 43.3. The summed E-state index contributed by atoms with van der Waals surface area (Å²) in [7, 11) is 0. The molecule has 0 atom stereocenters. The number of halogens is 3. The highest BCUT2D eigenvalue weighted by Gasteiger charge is 2.31. The number of alkyl halides is 3. The van der Waals surface area contributed by atoms with Crippen molar-refractivity contribution in [3.05, 3.63) is 47.7 Å². The van der Waals surface area contributed by atoms with Gasteiger partial charge in [-0.25, -0.2) is 4.98 Å². The van der Waals surface area contributed by atoms with Crippen LogP contribution in [0.2, 0.25) is 0 Å². The number of rotatable bonds is 2. The van der Waals surface area contributed by atoms with Crippen LogP contribution in [0.1, 0.15) is 15.9 Å². The minimum absolute atomic E-state index is 0.0938. The van der Waals surface area contributed by atoms with Crippen LogP contribution in [0.3, 0.4) is 0 Å². The molecule has 1 aromatic heterocycles. The lowest BCUT2D eigenvalue weighted by Gasteiger charge is -2.35. The van der Waals surface area contributed by atoms with Gasteiger partial charge >= 0.3 is 6.18 Å². The zero-order valence-electron chi connectivity index (χ0n) is 15.2. The molecule has 0 bridgehead atoms. The molecular formula is C19H17F3N4O3. The van der Waals surface area contributed by atoms with Gasteiger partial charge in [0.2, 0.25) is 0 Å². The number of hydrogen-bond donors (Lipinski definition) is 1. The van der Waals surface area contributed by atoms with Crippen molar-refractivity contribution in [1.82, 2.24) is 9.88 Å². The van der Waals surface area contributed by atoms with Crippen molar-refractivity contribution in [2.45, 2.75) is 6.18 Å². The van der Waals surface area contributed by atoms with Gasteiger partial charge in [0.1, 0.15) is 11.6 Å². The Morgan fingerprint density at radius 3 is 2.52 bits per heavy atom. The lowest BCUT2D eigenvalue weighted by atomic mass is 10.1. The van der Waals surface area contributed by atoms with E-state index in [1.165, 1.54) is 6.07 Å². The highest BCUT2D eigenvalue weighted by molar-refractivity contribution is 5.99. The smallest absolute Gasteiger partial charge is 0.417 e. The third kappa shape index (κ3) is 3.96. The molecule has 2 aliphatic heterocycles. The summed E-state index contributed by atoms with van der Waals surface area (Å²) in [6.07, 6.45) is -3.60.